The Bertz CT molecular complexity index is 615. The number of rotatable bonds is 5. The van der Waals surface area contributed by atoms with Crippen LogP contribution in [0.5, 0.6) is 0 Å². The minimum atomic E-state index is -0.929. The summed E-state index contributed by atoms with van der Waals surface area (Å²) in [7, 11) is 1.83. The van der Waals surface area contributed by atoms with Gasteiger partial charge in [-0.25, -0.2) is 0 Å². The van der Waals surface area contributed by atoms with E-state index >= 15 is 0 Å². The van der Waals surface area contributed by atoms with Crippen molar-refractivity contribution in [3.05, 3.63) is 11.8 Å². The van der Waals surface area contributed by atoms with Gasteiger partial charge in [0.15, 0.2) is 0 Å². The van der Waals surface area contributed by atoms with E-state index in [0.29, 0.717) is 18.8 Å². The van der Waals surface area contributed by atoms with Gasteiger partial charge in [-0.15, -0.1) is 0 Å². The average molecular weight is 336 g/mol. The molecule has 6 heteroatoms. The van der Waals surface area contributed by atoms with Crippen molar-refractivity contribution in [2.24, 2.45) is 23.6 Å². The van der Waals surface area contributed by atoms with E-state index in [2.05, 4.69) is 31.2 Å². The fraction of sp³-hybridized carbons (Fsp3) is 0.778. The highest BCUT2D eigenvalue weighted by Gasteiger charge is 2.62. The van der Waals surface area contributed by atoms with Crippen molar-refractivity contribution in [2.45, 2.75) is 66.0 Å². The maximum Gasteiger partial charge on any atom is 0.246 e. The van der Waals surface area contributed by atoms with E-state index in [0.717, 1.165) is 12.1 Å². The number of carbonyl (C=O) groups excluding carboxylic acids is 1. The number of ether oxygens (including phenoxy) is 1. The minimum absolute atomic E-state index is 0.0150. The molecular formula is C18H32N4O2. The summed E-state index contributed by atoms with van der Waals surface area (Å²) in [6, 6.07) is 1.93. The van der Waals surface area contributed by atoms with Gasteiger partial charge in [0.05, 0.1) is 11.8 Å². The van der Waals surface area contributed by atoms with Crippen molar-refractivity contribution in [1.29, 1.82) is 0 Å². The van der Waals surface area contributed by atoms with Crippen molar-refractivity contribution in [3.8, 4) is 0 Å². The van der Waals surface area contributed by atoms with Crippen molar-refractivity contribution in [3.63, 3.8) is 0 Å². The molecule has 1 aromatic heterocycles. The molecular weight excluding hydrogens is 304 g/mol. The molecule has 1 heterocycles. The largest absolute Gasteiger partial charge is 0.378 e. The maximum absolute atomic E-state index is 12.8. The number of anilines is 1. The third-order valence-electron chi connectivity index (χ3n) is 5.12. The first-order chi connectivity index (χ1) is 10.9. The van der Waals surface area contributed by atoms with Gasteiger partial charge >= 0.3 is 0 Å². The molecule has 1 aliphatic rings. The maximum atomic E-state index is 12.8. The van der Waals surface area contributed by atoms with Gasteiger partial charge in [0.25, 0.3) is 0 Å². The van der Waals surface area contributed by atoms with Crippen LogP contribution in [0.3, 0.4) is 0 Å². The van der Waals surface area contributed by atoms with E-state index in [1.807, 2.05) is 33.9 Å². The molecule has 1 aromatic rings. The van der Waals surface area contributed by atoms with Gasteiger partial charge in [-0.05, 0) is 18.8 Å². The van der Waals surface area contributed by atoms with Crippen LogP contribution in [0.1, 0.15) is 53.7 Å². The molecule has 0 radical (unpaired) electrons. The second-order valence-electron chi connectivity index (χ2n) is 8.68. The van der Waals surface area contributed by atoms with Crippen LogP contribution in [0.2, 0.25) is 0 Å². The summed E-state index contributed by atoms with van der Waals surface area (Å²) >= 11 is 0. The normalized spacial score (nSPS) is 26.1. The van der Waals surface area contributed by atoms with Gasteiger partial charge in [0, 0.05) is 31.6 Å². The van der Waals surface area contributed by atoms with Crippen LogP contribution in [-0.4, -0.2) is 33.9 Å². The Morgan fingerprint density at radius 3 is 2.62 bits per heavy atom. The number of carbonyl (C=O) groups is 1. The Morgan fingerprint density at radius 1 is 1.50 bits per heavy atom. The lowest BCUT2D eigenvalue weighted by Crippen LogP contribution is -2.74. The molecule has 2 unspecified atom stereocenters. The predicted octanol–water partition coefficient (Wildman–Crippen LogP) is 2.48. The third kappa shape index (κ3) is 3.35. The van der Waals surface area contributed by atoms with E-state index in [9.17, 15) is 4.79 Å². The Balaban J connectivity index is 2.11. The van der Waals surface area contributed by atoms with Crippen LogP contribution in [0, 0.1) is 10.8 Å². The Hall–Kier alpha value is -1.40. The van der Waals surface area contributed by atoms with Gasteiger partial charge in [-0.1, -0.05) is 34.6 Å². The fourth-order valence-corrected chi connectivity index (χ4v) is 3.32. The van der Waals surface area contributed by atoms with Crippen molar-refractivity contribution < 1.29 is 9.53 Å². The number of nitrogens with two attached hydrogens (primary N) is 1. The van der Waals surface area contributed by atoms with E-state index in [-0.39, 0.29) is 17.4 Å². The van der Waals surface area contributed by atoms with Gasteiger partial charge in [0.2, 0.25) is 5.91 Å². The second-order valence-corrected chi connectivity index (χ2v) is 8.68. The third-order valence-corrected chi connectivity index (χ3v) is 5.12. The Morgan fingerprint density at radius 2 is 2.12 bits per heavy atom. The summed E-state index contributed by atoms with van der Waals surface area (Å²) < 4.78 is 7.40. The highest BCUT2D eigenvalue weighted by molar-refractivity contribution is 5.99. The van der Waals surface area contributed by atoms with Gasteiger partial charge in [0.1, 0.15) is 11.4 Å². The predicted molar refractivity (Wildman–Crippen MR) is 95.7 cm³/mol. The summed E-state index contributed by atoms with van der Waals surface area (Å²) in [6.45, 7) is 13.1. The molecule has 24 heavy (non-hydrogen) atoms. The van der Waals surface area contributed by atoms with E-state index in [4.69, 9.17) is 10.5 Å². The number of amides is 1. The number of aryl methyl sites for hydroxylation is 1. The van der Waals surface area contributed by atoms with Crippen molar-refractivity contribution in [2.75, 3.05) is 11.9 Å². The summed E-state index contributed by atoms with van der Waals surface area (Å²) in [5.41, 5.74) is 6.21. The summed E-state index contributed by atoms with van der Waals surface area (Å²) in [5, 5.41) is 7.45. The van der Waals surface area contributed by atoms with Crippen molar-refractivity contribution >= 4 is 11.7 Å². The fourth-order valence-electron chi connectivity index (χ4n) is 3.32. The molecule has 2 atom stereocenters. The van der Waals surface area contributed by atoms with Gasteiger partial charge in [-0.2, -0.15) is 5.10 Å². The van der Waals surface area contributed by atoms with Gasteiger partial charge < -0.3 is 15.8 Å². The van der Waals surface area contributed by atoms with E-state index in [1.54, 1.807) is 4.68 Å². The topological polar surface area (TPSA) is 82.2 Å². The lowest BCUT2D eigenvalue weighted by atomic mass is 9.54. The summed E-state index contributed by atoms with van der Waals surface area (Å²) in [4.78, 5) is 12.8. The first-order valence-corrected chi connectivity index (χ1v) is 8.65. The number of hydrogen-bond acceptors (Lipinski definition) is 4. The first kappa shape index (κ1) is 18.9. The molecule has 0 spiro atoms. The zero-order valence-electron chi connectivity index (χ0n) is 16.1. The standard InChI is InChI=1S/C18H32N4O2/c1-8-24-13-11-18(19,17(13,5)6)15(23)20-14-9-12(21-22(14)7)10-16(2,3)4/h9,13H,8,10-11,19H2,1-7H3,(H,20,23). The monoisotopic (exact) mass is 336 g/mol. The number of nitrogens with zero attached hydrogens (tertiary/aromatic N) is 2. The molecule has 0 bridgehead atoms. The van der Waals surface area contributed by atoms with Crippen LogP contribution in [0.15, 0.2) is 6.07 Å². The quantitative estimate of drug-likeness (QED) is 0.865. The molecule has 1 amide bonds. The second kappa shape index (κ2) is 6.15. The molecule has 136 valence electrons. The molecule has 1 aliphatic carbocycles. The SMILES string of the molecule is CCOC1CC(N)(C(=O)Nc2cc(CC(C)(C)C)nn2C)C1(C)C. The molecule has 1 fully saturated rings. The van der Waals surface area contributed by atoms with E-state index < -0.39 is 11.0 Å². The first-order valence-electron chi connectivity index (χ1n) is 8.65. The number of hydrogen-bond donors (Lipinski definition) is 2. The Kier molecular flexibility index (Phi) is 4.85. The number of nitrogens with one attached hydrogen (secondary N) is 1. The van der Waals surface area contributed by atoms with Crippen LogP contribution in [-0.2, 0) is 23.0 Å². The lowest BCUT2D eigenvalue weighted by molar-refractivity contribution is -0.166. The van der Waals surface area contributed by atoms with Crippen LogP contribution in [0.4, 0.5) is 5.82 Å². The van der Waals surface area contributed by atoms with Crippen LogP contribution in [0.25, 0.3) is 0 Å². The minimum Gasteiger partial charge on any atom is -0.378 e. The van der Waals surface area contributed by atoms with Crippen LogP contribution < -0.4 is 11.1 Å². The highest BCUT2D eigenvalue weighted by atomic mass is 16.5. The zero-order chi connectivity index (χ0) is 18.3. The molecule has 6 nitrogen and oxygen atoms in total. The smallest absolute Gasteiger partial charge is 0.246 e. The number of aromatic nitrogens is 2. The van der Waals surface area contributed by atoms with Gasteiger partial charge in [-0.3, -0.25) is 9.48 Å². The summed E-state index contributed by atoms with van der Waals surface area (Å²) in [5.74, 6) is 0.508. The molecule has 3 N–H and O–H groups in total. The summed E-state index contributed by atoms with van der Waals surface area (Å²) in [6.07, 6.45) is 1.40. The Labute approximate surface area is 145 Å². The van der Waals surface area contributed by atoms with E-state index in [1.165, 1.54) is 0 Å². The molecule has 0 saturated heterocycles. The lowest BCUT2D eigenvalue weighted by Gasteiger charge is -2.57. The molecule has 0 aliphatic heterocycles. The molecule has 0 aromatic carbocycles. The molecule has 2 rings (SSSR count). The van der Waals surface area contributed by atoms with Crippen LogP contribution >= 0.6 is 0 Å². The average Bonchev–Trinajstić information content (AvgIpc) is 2.75. The zero-order valence-corrected chi connectivity index (χ0v) is 16.1. The molecule has 1 saturated carbocycles. The highest BCUT2D eigenvalue weighted by Crippen LogP contribution is 2.50. The van der Waals surface area contributed by atoms with Crippen molar-refractivity contribution in [1.82, 2.24) is 9.78 Å².